The van der Waals surface area contributed by atoms with Crippen LogP contribution in [0.4, 0.5) is 0 Å². The van der Waals surface area contributed by atoms with Crippen LogP contribution in [0.2, 0.25) is 5.15 Å². The topological polar surface area (TPSA) is 43.6 Å². The van der Waals surface area contributed by atoms with Gasteiger partial charge in [-0.3, -0.25) is 4.68 Å². The zero-order valence-electron chi connectivity index (χ0n) is 10.5. The second kappa shape index (κ2) is 4.45. The zero-order chi connectivity index (χ0) is 12.6. The fourth-order valence-electron chi connectivity index (χ4n) is 1.70. The van der Waals surface area contributed by atoms with Crippen LogP contribution in [0.1, 0.15) is 23.9 Å². The van der Waals surface area contributed by atoms with E-state index in [2.05, 4.69) is 22.0 Å². The Hall–Kier alpha value is -1.42. The molecular weight excluding hydrogens is 236 g/mol. The molecule has 0 spiro atoms. The summed E-state index contributed by atoms with van der Waals surface area (Å²) in [5.74, 6) is 0.656. The van der Waals surface area contributed by atoms with Crippen molar-refractivity contribution >= 4 is 11.6 Å². The average Bonchev–Trinajstić information content (AvgIpc) is 2.66. The van der Waals surface area contributed by atoms with Crippen molar-refractivity contribution < 1.29 is 0 Å². The number of rotatable bonds is 2. The van der Waals surface area contributed by atoms with Crippen LogP contribution in [-0.4, -0.2) is 19.7 Å². The third kappa shape index (κ3) is 2.17. The Bertz CT molecular complexity index is 537. The van der Waals surface area contributed by atoms with E-state index < -0.39 is 0 Å². The molecule has 0 amide bonds. The molecule has 2 aromatic heterocycles. The minimum atomic E-state index is 0.512. The average molecular weight is 251 g/mol. The van der Waals surface area contributed by atoms with E-state index >= 15 is 0 Å². The summed E-state index contributed by atoms with van der Waals surface area (Å²) in [5.41, 5.74) is 3.79. The highest BCUT2D eigenvalue weighted by atomic mass is 35.5. The highest BCUT2D eigenvalue weighted by Gasteiger charge is 2.13. The van der Waals surface area contributed by atoms with Crippen LogP contribution < -0.4 is 0 Å². The quantitative estimate of drug-likeness (QED) is 0.770. The van der Waals surface area contributed by atoms with Crippen LogP contribution in [0, 0.1) is 13.8 Å². The molecule has 90 valence electrons. The minimum absolute atomic E-state index is 0.512. The number of nitrogens with zero attached hydrogens (tertiary/aromatic N) is 4. The van der Waals surface area contributed by atoms with Gasteiger partial charge in [0.25, 0.3) is 0 Å². The molecule has 0 unspecified atom stereocenters. The van der Waals surface area contributed by atoms with Crippen LogP contribution >= 0.6 is 11.6 Å². The zero-order valence-corrected chi connectivity index (χ0v) is 11.2. The third-order valence-corrected chi connectivity index (χ3v) is 3.18. The van der Waals surface area contributed by atoms with E-state index in [0.717, 1.165) is 28.9 Å². The molecule has 0 aliphatic rings. The van der Waals surface area contributed by atoms with Crippen LogP contribution in [0.15, 0.2) is 6.20 Å². The Morgan fingerprint density at radius 2 is 2.00 bits per heavy atom. The number of aryl methyl sites for hydroxylation is 3. The lowest BCUT2D eigenvalue weighted by Crippen LogP contribution is -1.97. The first-order valence-electron chi connectivity index (χ1n) is 5.56. The first-order valence-corrected chi connectivity index (χ1v) is 5.94. The predicted octanol–water partition coefficient (Wildman–Crippen LogP) is 2.71. The van der Waals surface area contributed by atoms with Crippen molar-refractivity contribution in [3.8, 4) is 11.4 Å². The molecule has 4 nitrogen and oxygen atoms in total. The Kier molecular flexibility index (Phi) is 3.15. The van der Waals surface area contributed by atoms with Crippen LogP contribution in [0.3, 0.4) is 0 Å². The summed E-state index contributed by atoms with van der Waals surface area (Å²) in [7, 11) is 1.89. The fraction of sp³-hybridized carbons (Fsp3) is 0.417. The van der Waals surface area contributed by atoms with Crippen LogP contribution in [0.5, 0.6) is 0 Å². The normalized spacial score (nSPS) is 10.9. The maximum absolute atomic E-state index is 6.09. The molecule has 0 atom stereocenters. The van der Waals surface area contributed by atoms with E-state index in [9.17, 15) is 0 Å². The van der Waals surface area contributed by atoms with E-state index in [1.807, 2.05) is 27.1 Å². The second-order valence-electron chi connectivity index (χ2n) is 4.07. The highest BCUT2D eigenvalue weighted by molar-refractivity contribution is 6.30. The largest absolute Gasteiger partial charge is 0.275 e. The maximum atomic E-state index is 6.09. The van der Waals surface area contributed by atoms with E-state index in [1.54, 1.807) is 4.68 Å². The van der Waals surface area contributed by atoms with Crippen molar-refractivity contribution in [2.45, 2.75) is 27.2 Å². The Balaban J connectivity index is 2.60. The molecule has 0 N–H and O–H groups in total. The van der Waals surface area contributed by atoms with E-state index in [-0.39, 0.29) is 0 Å². The molecule has 17 heavy (non-hydrogen) atoms. The number of aromatic nitrogens is 4. The molecule has 0 aliphatic heterocycles. The lowest BCUT2D eigenvalue weighted by Gasteiger charge is -2.05. The first kappa shape index (κ1) is 12.0. The van der Waals surface area contributed by atoms with Crippen molar-refractivity contribution in [2.75, 3.05) is 0 Å². The van der Waals surface area contributed by atoms with Gasteiger partial charge in [0.1, 0.15) is 5.15 Å². The summed E-state index contributed by atoms with van der Waals surface area (Å²) in [6.07, 6.45) is 2.78. The standard InChI is InChI=1S/C12H15ClN4/c1-5-10-9(6-17(4)16-10)12-14-8(3)7(2)11(13)15-12/h6H,5H2,1-4H3. The summed E-state index contributed by atoms with van der Waals surface area (Å²) in [4.78, 5) is 8.80. The molecule has 0 bridgehead atoms. The van der Waals surface area contributed by atoms with Gasteiger partial charge in [-0.2, -0.15) is 5.10 Å². The number of halogens is 1. The van der Waals surface area contributed by atoms with Gasteiger partial charge in [0.05, 0.1) is 11.3 Å². The molecule has 0 aliphatic carbocycles. The molecule has 2 heterocycles. The van der Waals surface area contributed by atoms with E-state index in [0.29, 0.717) is 11.0 Å². The van der Waals surface area contributed by atoms with Gasteiger partial charge in [0, 0.05) is 24.5 Å². The van der Waals surface area contributed by atoms with Gasteiger partial charge in [-0.25, -0.2) is 9.97 Å². The Morgan fingerprint density at radius 3 is 2.59 bits per heavy atom. The number of hydrogen-bond acceptors (Lipinski definition) is 3. The molecule has 2 aromatic rings. The third-order valence-electron chi connectivity index (χ3n) is 2.81. The molecule has 0 aromatic carbocycles. The summed E-state index contributed by atoms with van der Waals surface area (Å²) in [6.45, 7) is 5.92. The van der Waals surface area contributed by atoms with Crippen molar-refractivity contribution in [1.29, 1.82) is 0 Å². The van der Waals surface area contributed by atoms with E-state index in [1.165, 1.54) is 0 Å². The molecule has 0 fully saturated rings. The minimum Gasteiger partial charge on any atom is -0.275 e. The van der Waals surface area contributed by atoms with Gasteiger partial charge < -0.3 is 0 Å². The molecule has 0 saturated carbocycles. The molecule has 5 heteroatoms. The van der Waals surface area contributed by atoms with Crippen molar-refractivity contribution in [3.63, 3.8) is 0 Å². The van der Waals surface area contributed by atoms with Crippen molar-refractivity contribution in [2.24, 2.45) is 7.05 Å². The lowest BCUT2D eigenvalue weighted by molar-refractivity contribution is 0.746. The molecule has 2 rings (SSSR count). The van der Waals surface area contributed by atoms with Gasteiger partial charge in [0.2, 0.25) is 0 Å². The van der Waals surface area contributed by atoms with Crippen LogP contribution in [-0.2, 0) is 13.5 Å². The van der Waals surface area contributed by atoms with Crippen molar-refractivity contribution in [1.82, 2.24) is 19.7 Å². The molecule has 0 saturated heterocycles. The van der Waals surface area contributed by atoms with Crippen LogP contribution in [0.25, 0.3) is 11.4 Å². The predicted molar refractivity (Wildman–Crippen MR) is 68.1 cm³/mol. The number of hydrogen-bond donors (Lipinski definition) is 0. The maximum Gasteiger partial charge on any atom is 0.164 e. The Morgan fingerprint density at radius 1 is 1.29 bits per heavy atom. The van der Waals surface area contributed by atoms with E-state index in [4.69, 9.17) is 11.6 Å². The summed E-state index contributed by atoms with van der Waals surface area (Å²) in [5, 5.41) is 4.89. The SMILES string of the molecule is CCc1nn(C)cc1-c1nc(C)c(C)c(Cl)n1. The van der Waals surface area contributed by atoms with Gasteiger partial charge in [-0.1, -0.05) is 18.5 Å². The van der Waals surface area contributed by atoms with Gasteiger partial charge in [0.15, 0.2) is 5.82 Å². The lowest BCUT2D eigenvalue weighted by atomic mass is 10.2. The fourth-order valence-corrected chi connectivity index (χ4v) is 1.91. The molecule has 0 radical (unpaired) electrons. The first-order chi connectivity index (χ1) is 8.02. The Labute approximate surface area is 106 Å². The van der Waals surface area contributed by atoms with Gasteiger partial charge in [-0.05, 0) is 20.3 Å². The molecular formula is C12H15ClN4. The summed E-state index contributed by atoms with van der Waals surface area (Å²) < 4.78 is 1.78. The highest BCUT2D eigenvalue weighted by Crippen LogP contribution is 2.23. The van der Waals surface area contributed by atoms with Crippen molar-refractivity contribution in [3.05, 3.63) is 28.3 Å². The summed E-state index contributed by atoms with van der Waals surface area (Å²) in [6, 6.07) is 0. The van der Waals surface area contributed by atoms with Gasteiger partial charge >= 0.3 is 0 Å². The second-order valence-corrected chi connectivity index (χ2v) is 4.42. The van der Waals surface area contributed by atoms with Gasteiger partial charge in [-0.15, -0.1) is 0 Å². The smallest absolute Gasteiger partial charge is 0.164 e. The summed E-state index contributed by atoms with van der Waals surface area (Å²) >= 11 is 6.09. The monoisotopic (exact) mass is 250 g/mol.